The van der Waals surface area contributed by atoms with Crippen LogP contribution in [0.4, 0.5) is 5.69 Å². The van der Waals surface area contributed by atoms with Gasteiger partial charge < -0.3 is 19.5 Å². The van der Waals surface area contributed by atoms with Crippen molar-refractivity contribution in [3.05, 3.63) is 42.5 Å². The maximum atomic E-state index is 13.1. The highest BCUT2D eigenvalue weighted by Crippen LogP contribution is 2.37. The summed E-state index contributed by atoms with van der Waals surface area (Å²) in [6.07, 6.45) is 3.51. The number of nitrogens with zero attached hydrogens (tertiary/aromatic N) is 1. The normalized spacial score (nSPS) is 14.7. The molecule has 1 saturated heterocycles. The molecule has 174 valence electrons. The number of hydrogen-bond acceptors (Lipinski definition) is 6. The summed E-state index contributed by atoms with van der Waals surface area (Å²) in [6, 6.07) is 11.6. The Bertz CT molecular complexity index is 1020. The molecule has 2 aromatic carbocycles. The summed E-state index contributed by atoms with van der Waals surface area (Å²) in [6.45, 7) is 1.46. The number of anilines is 1. The molecule has 9 heteroatoms. The number of sulfonamides is 1. The van der Waals surface area contributed by atoms with Gasteiger partial charge in [-0.2, -0.15) is 4.31 Å². The lowest BCUT2D eigenvalue weighted by Gasteiger charge is -2.26. The van der Waals surface area contributed by atoms with Gasteiger partial charge in [-0.25, -0.2) is 8.42 Å². The second-order valence-corrected chi connectivity index (χ2v) is 9.46. The molecule has 8 nitrogen and oxygen atoms in total. The first-order chi connectivity index (χ1) is 15.5. The summed E-state index contributed by atoms with van der Waals surface area (Å²) in [7, 11) is -0.550. The minimum Gasteiger partial charge on any atom is -0.493 e. The summed E-state index contributed by atoms with van der Waals surface area (Å²) in [5.41, 5.74) is 0.288. The Labute approximate surface area is 189 Å². The lowest BCUT2D eigenvalue weighted by Crippen LogP contribution is -2.35. The molecule has 0 saturated carbocycles. The fraction of sp³-hybridized carbons (Fsp3) is 0.435. The van der Waals surface area contributed by atoms with Crippen molar-refractivity contribution < 1.29 is 27.4 Å². The second-order valence-electron chi connectivity index (χ2n) is 7.52. The molecule has 32 heavy (non-hydrogen) atoms. The lowest BCUT2D eigenvalue weighted by atomic mass is 10.2. The highest BCUT2D eigenvalue weighted by Gasteiger charge is 2.27. The number of carbonyl (C=O) groups is 1. The highest BCUT2D eigenvalue weighted by molar-refractivity contribution is 7.89. The van der Waals surface area contributed by atoms with E-state index in [1.807, 2.05) is 6.07 Å². The Morgan fingerprint density at radius 1 is 1.00 bits per heavy atom. The van der Waals surface area contributed by atoms with E-state index in [0.29, 0.717) is 43.4 Å². The van der Waals surface area contributed by atoms with E-state index < -0.39 is 10.0 Å². The first-order valence-corrected chi connectivity index (χ1v) is 12.1. The molecule has 1 fully saturated rings. The molecule has 0 radical (unpaired) electrons. The van der Waals surface area contributed by atoms with Crippen molar-refractivity contribution in [1.82, 2.24) is 4.31 Å². The molecular weight excluding hydrogens is 432 g/mol. The van der Waals surface area contributed by atoms with Crippen LogP contribution in [0, 0.1) is 0 Å². The van der Waals surface area contributed by atoms with Crippen molar-refractivity contribution in [3.8, 4) is 17.2 Å². The summed E-state index contributed by atoms with van der Waals surface area (Å²) in [5, 5.41) is 2.80. The predicted molar refractivity (Wildman–Crippen MR) is 122 cm³/mol. The van der Waals surface area contributed by atoms with Gasteiger partial charge in [0.2, 0.25) is 15.9 Å². The molecule has 1 amide bonds. The number of benzene rings is 2. The van der Waals surface area contributed by atoms with Crippen molar-refractivity contribution >= 4 is 21.6 Å². The molecule has 1 heterocycles. The maximum Gasteiger partial charge on any atom is 0.243 e. The number of para-hydroxylation sites is 2. The van der Waals surface area contributed by atoms with Gasteiger partial charge in [-0.3, -0.25) is 4.79 Å². The quantitative estimate of drug-likeness (QED) is 0.536. The molecule has 1 N–H and O–H groups in total. The molecule has 0 aromatic heterocycles. The van der Waals surface area contributed by atoms with Crippen LogP contribution in [-0.2, 0) is 19.6 Å². The number of methoxy groups -OCH3 is 2. The van der Waals surface area contributed by atoms with E-state index in [4.69, 9.17) is 14.2 Å². The van der Waals surface area contributed by atoms with Gasteiger partial charge in [-0.1, -0.05) is 18.6 Å². The Hall–Kier alpha value is -2.62. The van der Waals surface area contributed by atoms with E-state index in [9.17, 15) is 13.2 Å². The zero-order valence-electron chi connectivity index (χ0n) is 18.5. The van der Waals surface area contributed by atoms with Crippen LogP contribution in [0.5, 0.6) is 17.2 Å². The number of ether oxygens (including phenoxy) is 3. The smallest absolute Gasteiger partial charge is 0.243 e. The van der Waals surface area contributed by atoms with Gasteiger partial charge in [-0.05, 0) is 49.6 Å². The monoisotopic (exact) mass is 462 g/mol. The Morgan fingerprint density at radius 2 is 1.72 bits per heavy atom. The Kier molecular flexibility index (Phi) is 8.49. The molecule has 1 aliphatic rings. The zero-order chi connectivity index (χ0) is 23.0. The van der Waals surface area contributed by atoms with E-state index in [0.717, 1.165) is 19.3 Å². The SMILES string of the molecule is COCCCC(=O)Nc1cc(S(=O)(=O)N2CCCCC2)ccc1Oc1ccccc1OC. The van der Waals surface area contributed by atoms with E-state index in [1.54, 1.807) is 31.4 Å². The second kappa shape index (κ2) is 11.3. The van der Waals surface area contributed by atoms with Crippen LogP contribution in [0.1, 0.15) is 32.1 Å². The standard InChI is InChI=1S/C23H30N2O6S/c1-29-16-8-11-23(26)24-19-17-18(32(27,28)25-14-6-3-7-15-25)12-13-20(19)31-22-10-5-4-9-21(22)30-2/h4-5,9-10,12-13,17H,3,6-8,11,14-16H2,1-2H3,(H,24,26). The van der Waals surface area contributed by atoms with Gasteiger partial charge >= 0.3 is 0 Å². The van der Waals surface area contributed by atoms with Crippen molar-refractivity contribution in [2.75, 3.05) is 39.2 Å². The van der Waals surface area contributed by atoms with E-state index in [-0.39, 0.29) is 22.9 Å². The molecule has 1 aliphatic heterocycles. The van der Waals surface area contributed by atoms with Gasteiger partial charge in [0.25, 0.3) is 0 Å². The van der Waals surface area contributed by atoms with E-state index in [2.05, 4.69) is 5.32 Å². The predicted octanol–water partition coefficient (Wildman–Crippen LogP) is 4.03. The molecule has 0 unspecified atom stereocenters. The van der Waals surface area contributed by atoms with Crippen molar-refractivity contribution in [1.29, 1.82) is 0 Å². The van der Waals surface area contributed by atoms with Crippen LogP contribution < -0.4 is 14.8 Å². The third-order valence-electron chi connectivity index (χ3n) is 5.22. The minimum atomic E-state index is -3.66. The summed E-state index contributed by atoms with van der Waals surface area (Å²) in [4.78, 5) is 12.6. The van der Waals surface area contributed by atoms with Crippen molar-refractivity contribution in [3.63, 3.8) is 0 Å². The number of carbonyl (C=O) groups excluding carboxylic acids is 1. The Balaban J connectivity index is 1.92. The van der Waals surface area contributed by atoms with Crippen molar-refractivity contribution in [2.24, 2.45) is 0 Å². The zero-order valence-corrected chi connectivity index (χ0v) is 19.3. The summed E-state index contributed by atoms with van der Waals surface area (Å²) >= 11 is 0. The fourth-order valence-corrected chi connectivity index (χ4v) is 5.07. The maximum absolute atomic E-state index is 13.1. The number of nitrogens with one attached hydrogen (secondary N) is 1. The van der Waals surface area contributed by atoms with Crippen LogP contribution in [0.2, 0.25) is 0 Å². The third-order valence-corrected chi connectivity index (χ3v) is 7.11. The highest BCUT2D eigenvalue weighted by atomic mass is 32.2. The summed E-state index contributed by atoms with van der Waals surface area (Å²) < 4.78 is 44.1. The van der Waals surface area contributed by atoms with E-state index in [1.165, 1.54) is 23.5 Å². The fourth-order valence-electron chi connectivity index (χ4n) is 3.52. The van der Waals surface area contributed by atoms with Gasteiger partial charge in [0, 0.05) is 33.2 Å². The molecule has 0 aliphatic carbocycles. The number of rotatable bonds is 10. The van der Waals surface area contributed by atoms with Crippen molar-refractivity contribution in [2.45, 2.75) is 37.0 Å². The average molecular weight is 463 g/mol. The molecular formula is C23H30N2O6S. The van der Waals surface area contributed by atoms with Crippen LogP contribution in [0.25, 0.3) is 0 Å². The molecule has 2 aromatic rings. The molecule has 0 atom stereocenters. The number of hydrogen-bond donors (Lipinski definition) is 1. The van der Waals surface area contributed by atoms with Crippen LogP contribution in [-0.4, -0.2) is 52.5 Å². The lowest BCUT2D eigenvalue weighted by molar-refractivity contribution is -0.116. The molecule has 0 spiro atoms. The van der Waals surface area contributed by atoms with E-state index >= 15 is 0 Å². The van der Waals surface area contributed by atoms with Gasteiger partial charge in [0.05, 0.1) is 17.7 Å². The van der Waals surface area contributed by atoms with Crippen LogP contribution >= 0.6 is 0 Å². The van der Waals surface area contributed by atoms with Crippen LogP contribution in [0.15, 0.2) is 47.4 Å². The molecule has 3 rings (SSSR count). The third kappa shape index (κ3) is 5.99. The number of amides is 1. The summed E-state index contributed by atoms with van der Waals surface area (Å²) in [5.74, 6) is 1.05. The molecule has 0 bridgehead atoms. The van der Waals surface area contributed by atoms with Gasteiger partial charge in [-0.15, -0.1) is 0 Å². The van der Waals surface area contributed by atoms with Crippen LogP contribution in [0.3, 0.4) is 0 Å². The minimum absolute atomic E-state index is 0.124. The van der Waals surface area contributed by atoms with Gasteiger partial charge in [0.15, 0.2) is 17.2 Å². The topological polar surface area (TPSA) is 94.2 Å². The average Bonchev–Trinajstić information content (AvgIpc) is 2.81. The first kappa shape index (κ1) is 24.0. The largest absolute Gasteiger partial charge is 0.493 e. The number of piperidine rings is 1. The van der Waals surface area contributed by atoms with Gasteiger partial charge in [0.1, 0.15) is 0 Å². The first-order valence-electron chi connectivity index (χ1n) is 10.7. The Morgan fingerprint density at radius 3 is 2.41 bits per heavy atom.